The van der Waals surface area contributed by atoms with E-state index in [1.54, 1.807) is 73.2 Å². The van der Waals surface area contributed by atoms with Crippen molar-refractivity contribution < 1.29 is 19.2 Å². The van der Waals surface area contributed by atoms with E-state index in [0.29, 0.717) is 37.8 Å². The largest absolute Gasteiger partial charge is 0.497 e. The van der Waals surface area contributed by atoms with E-state index in [2.05, 4.69) is 5.32 Å². The van der Waals surface area contributed by atoms with E-state index in [1.165, 1.54) is 23.5 Å². The number of non-ortho nitro benzene ring substituents is 1. The average Bonchev–Trinajstić information content (AvgIpc) is 3.38. The lowest BCUT2D eigenvalue weighted by Crippen LogP contribution is -2.40. The summed E-state index contributed by atoms with van der Waals surface area (Å²) >= 11 is 1.26. The fraction of sp³-hybridized carbons (Fsp3) is 0.114. The van der Waals surface area contributed by atoms with Crippen molar-refractivity contribution in [3.05, 3.63) is 161 Å². The molecule has 0 fully saturated rings. The van der Waals surface area contributed by atoms with Gasteiger partial charge in [-0.1, -0.05) is 53.8 Å². The molecule has 1 aliphatic rings. The van der Waals surface area contributed by atoms with Crippen molar-refractivity contribution in [2.24, 2.45) is 4.99 Å². The van der Waals surface area contributed by atoms with E-state index in [0.717, 1.165) is 16.7 Å². The minimum Gasteiger partial charge on any atom is -0.497 e. The van der Waals surface area contributed by atoms with Crippen LogP contribution in [0.1, 0.15) is 29.7 Å². The van der Waals surface area contributed by atoms with E-state index < -0.39 is 11.0 Å². The lowest BCUT2D eigenvalue weighted by atomic mass is 9.95. The number of nitro benzene ring substituents is 1. The van der Waals surface area contributed by atoms with E-state index in [1.807, 2.05) is 42.5 Å². The first-order chi connectivity index (χ1) is 22.3. The van der Waals surface area contributed by atoms with Gasteiger partial charge in [0.05, 0.1) is 33.9 Å². The first kappa shape index (κ1) is 30.2. The van der Waals surface area contributed by atoms with Crippen molar-refractivity contribution >= 4 is 34.7 Å². The van der Waals surface area contributed by atoms with Crippen LogP contribution in [0.3, 0.4) is 0 Å². The molecule has 11 heteroatoms. The Kier molecular flexibility index (Phi) is 8.57. The summed E-state index contributed by atoms with van der Waals surface area (Å²) in [6.45, 7) is 2.03. The number of nitrogens with zero attached hydrogens (tertiary/aromatic N) is 3. The van der Waals surface area contributed by atoms with Crippen LogP contribution in [-0.4, -0.2) is 22.5 Å². The average molecular weight is 633 g/mol. The second-order valence-corrected chi connectivity index (χ2v) is 11.5. The van der Waals surface area contributed by atoms with Gasteiger partial charge in [-0.05, 0) is 78.2 Å². The fourth-order valence-electron chi connectivity index (χ4n) is 5.13. The number of hydrogen-bond acceptors (Lipinski definition) is 8. The number of anilines is 1. The Labute approximate surface area is 267 Å². The van der Waals surface area contributed by atoms with Crippen LogP contribution in [0.25, 0.3) is 6.08 Å². The van der Waals surface area contributed by atoms with Crippen molar-refractivity contribution in [3.8, 4) is 11.5 Å². The summed E-state index contributed by atoms with van der Waals surface area (Å²) in [6.07, 6.45) is 1.79. The van der Waals surface area contributed by atoms with Crippen LogP contribution < -0.4 is 29.7 Å². The molecule has 0 bridgehead atoms. The minimum absolute atomic E-state index is 0.0236. The number of aromatic nitrogens is 1. The molecular weight excluding hydrogens is 604 g/mol. The summed E-state index contributed by atoms with van der Waals surface area (Å²) in [4.78, 5) is 43.3. The number of para-hydroxylation sites is 1. The SMILES string of the molecule is COc1ccc([C@@H]2C(C(=O)Nc3ccccc3)=C(C)N=c3s/c(=C/c4ccc(OCc5ccc([N+](=O)[O-])cc5)cc4)c(=O)n32)cc1. The van der Waals surface area contributed by atoms with Gasteiger partial charge < -0.3 is 14.8 Å². The molecular formula is C35H28N4O6S. The van der Waals surface area contributed by atoms with E-state index in [9.17, 15) is 19.7 Å². The Bertz CT molecular complexity index is 2120. The molecule has 230 valence electrons. The summed E-state index contributed by atoms with van der Waals surface area (Å²) in [6, 6.07) is 29.2. The third-order valence-electron chi connectivity index (χ3n) is 7.46. The molecule has 46 heavy (non-hydrogen) atoms. The number of hydrogen-bond donors (Lipinski definition) is 1. The maximum Gasteiger partial charge on any atom is 0.271 e. The van der Waals surface area contributed by atoms with Crippen molar-refractivity contribution in [1.82, 2.24) is 4.57 Å². The van der Waals surface area contributed by atoms with Gasteiger partial charge in [0.1, 0.15) is 18.1 Å². The van der Waals surface area contributed by atoms with Gasteiger partial charge in [0.15, 0.2) is 4.80 Å². The molecule has 5 aromatic rings. The van der Waals surface area contributed by atoms with Crippen LogP contribution in [0.5, 0.6) is 11.5 Å². The number of amides is 1. The molecule has 1 aromatic heterocycles. The number of carbonyl (C=O) groups is 1. The van der Waals surface area contributed by atoms with Crippen molar-refractivity contribution in [2.45, 2.75) is 19.6 Å². The summed E-state index contributed by atoms with van der Waals surface area (Å²) in [7, 11) is 1.58. The number of ether oxygens (including phenoxy) is 2. The first-order valence-corrected chi connectivity index (χ1v) is 15.1. The smallest absolute Gasteiger partial charge is 0.271 e. The number of nitrogens with one attached hydrogen (secondary N) is 1. The minimum atomic E-state index is -0.705. The van der Waals surface area contributed by atoms with Gasteiger partial charge in [-0.3, -0.25) is 24.3 Å². The molecule has 6 rings (SSSR count). The summed E-state index contributed by atoms with van der Waals surface area (Å²) in [5.41, 5.74) is 3.63. The molecule has 10 nitrogen and oxygen atoms in total. The number of fused-ring (bicyclic) bond motifs is 1. The van der Waals surface area contributed by atoms with Crippen molar-refractivity contribution in [3.63, 3.8) is 0 Å². The van der Waals surface area contributed by atoms with Crippen LogP contribution in [0.2, 0.25) is 0 Å². The molecule has 1 amide bonds. The third kappa shape index (κ3) is 6.35. The van der Waals surface area contributed by atoms with E-state index >= 15 is 0 Å². The molecule has 1 aliphatic heterocycles. The summed E-state index contributed by atoms with van der Waals surface area (Å²) < 4.78 is 13.2. The monoisotopic (exact) mass is 632 g/mol. The zero-order valence-electron chi connectivity index (χ0n) is 24.9. The normalized spacial score (nSPS) is 14.3. The number of benzene rings is 4. The van der Waals surface area contributed by atoms with Crippen LogP contribution >= 0.6 is 11.3 Å². The first-order valence-electron chi connectivity index (χ1n) is 14.3. The second kappa shape index (κ2) is 13.0. The molecule has 0 radical (unpaired) electrons. The number of allylic oxidation sites excluding steroid dienone is 1. The van der Waals surface area contributed by atoms with Crippen LogP contribution in [0.4, 0.5) is 11.4 Å². The highest BCUT2D eigenvalue weighted by molar-refractivity contribution is 7.07. The Morgan fingerprint density at radius 2 is 1.65 bits per heavy atom. The van der Waals surface area contributed by atoms with Crippen LogP contribution in [0, 0.1) is 10.1 Å². The number of rotatable bonds is 9. The zero-order valence-corrected chi connectivity index (χ0v) is 25.7. The molecule has 2 heterocycles. The van der Waals surface area contributed by atoms with Gasteiger partial charge in [-0.25, -0.2) is 4.99 Å². The molecule has 0 saturated heterocycles. The number of thiazole rings is 1. The second-order valence-electron chi connectivity index (χ2n) is 10.5. The van der Waals surface area contributed by atoms with Crippen LogP contribution in [-0.2, 0) is 11.4 Å². The molecule has 1 atom stereocenters. The van der Waals surface area contributed by atoms with Gasteiger partial charge >= 0.3 is 0 Å². The number of carbonyl (C=O) groups excluding carboxylic acids is 1. The van der Waals surface area contributed by atoms with Crippen molar-refractivity contribution in [1.29, 1.82) is 0 Å². The van der Waals surface area contributed by atoms with Gasteiger partial charge in [0, 0.05) is 17.8 Å². The lowest BCUT2D eigenvalue weighted by Gasteiger charge is -2.25. The molecule has 0 aliphatic carbocycles. The predicted octanol–water partition coefficient (Wildman–Crippen LogP) is 5.37. The quantitative estimate of drug-likeness (QED) is 0.172. The Morgan fingerprint density at radius 1 is 0.978 bits per heavy atom. The van der Waals surface area contributed by atoms with Gasteiger partial charge in [0.2, 0.25) is 0 Å². The Morgan fingerprint density at radius 3 is 2.30 bits per heavy atom. The molecule has 4 aromatic carbocycles. The van der Waals surface area contributed by atoms with Gasteiger partial charge in [-0.2, -0.15) is 0 Å². The molecule has 1 N–H and O–H groups in total. The Hall–Kier alpha value is -5.81. The maximum absolute atomic E-state index is 14.0. The number of nitro groups is 1. The maximum atomic E-state index is 14.0. The van der Waals surface area contributed by atoms with Crippen LogP contribution in [0.15, 0.2) is 124 Å². The Balaban J connectivity index is 1.31. The van der Waals surface area contributed by atoms with E-state index in [-0.39, 0.29) is 23.8 Å². The lowest BCUT2D eigenvalue weighted by molar-refractivity contribution is -0.384. The highest BCUT2D eigenvalue weighted by Crippen LogP contribution is 2.31. The summed E-state index contributed by atoms with van der Waals surface area (Å²) in [5.74, 6) is 0.931. The molecule has 0 saturated carbocycles. The van der Waals surface area contributed by atoms with E-state index in [4.69, 9.17) is 14.5 Å². The zero-order chi connectivity index (χ0) is 32.2. The topological polar surface area (TPSA) is 125 Å². The number of methoxy groups -OCH3 is 1. The van der Waals surface area contributed by atoms with Gasteiger partial charge in [0.25, 0.3) is 17.2 Å². The fourth-order valence-corrected chi connectivity index (χ4v) is 6.17. The predicted molar refractivity (Wildman–Crippen MR) is 176 cm³/mol. The third-order valence-corrected chi connectivity index (χ3v) is 8.44. The van der Waals surface area contributed by atoms with Crippen molar-refractivity contribution in [2.75, 3.05) is 12.4 Å². The molecule has 0 unspecified atom stereocenters. The highest BCUT2D eigenvalue weighted by Gasteiger charge is 2.32. The standard InChI is InChI=1S/C35H28N4O6S/c1-22-31(33(40)37-26-6-4-3-5-7-26)32(25-12-18-28(44-2)19-13-25)38-34(41)30(46-35(38)36-22)20-23-10-16-29(17-11-23)45-21-24-8-14-27(15-9-24)39(42)43/h3-20,32H,21H2,1-2H3,(H,37,40)/b30-20+/t32-/m1/s1. The van der Waals surface area contributed by atoms with Gasteiger partial charge in [-0.15, -0.1) is 0 Å². The summed E-state index contributed by atoms with van der Waals surface area (Å²) in [5, 5.41) is 13.8. The highest BCUT2D eigenvalue weighted by atomic mass is 32.1. The molecule has 0 spiro atoms.